The van der Waals surface area contributed by atoms with Crippen molar-refractivity contribution in [2.45, 2.75) is 58.0 Å². The molecule has 1 unspecified atom stereocenters. The van der Waals surface area contributed by atoms with Gasteiger partial charge in [0.2, 0.25) is 0 Å². The van der Waals surface area contributed by atoms with Crippen molar-refractivity contribution in [2.24, 2.45) is 5.92 Å². The van der Waals surface area contributed by atoms with E-state index in [0.717, 1.165) is 17.9 Å². The first kappa shape index (κ1) is 13.5. The number of hydrogen-bond donors (Lipinski definition) is 1. The first-order chi connectivity index (χ1) is 8.65. The van der Waals surface area contributed by atoms with E-state index in [9.17, 15) is 4.39 Å². The van der Waals surface area contributed by atoms with Crippen LogP contribution in [0.15, 0.2) is 24.3 Å². The molecule has 1 aliphatic rings. The summed E-state index contributed by atoms with van der Waals surface area (Å²) >= 11 is 0. The lowest BCUT2D eigenvalue weighted by Gasteiger charge is -2.29. The Hall–Kier alpha value is -0.890. The summed E-state index contributed by atoms with van der Waals surface area (Å²) < 4.78 is 13.6. The molecule has 18 heavy (non-hydrogen) atoms. The topological polar surface area (TPSA) is 12.0 Å². The molecule has 0 aromatic heterocycles. The van der Waals surface area contributed by atoms with Crippen LogP contribution in [0, 0.1) is 11.7 Å². The van der Waals surface area contributed by atoms with E-state index >= 15 is 0 Å². The zero-order valence-electron chi connectivity index (χ0n) is 11.5. The fourth-order valence-electron chi connectivity index (χ4n) is 2.88. The third-order valence-electron chi connectivity index (χ3n) is 4.02. The van der Waals surface area contributed by atoms with Gasteiger partial charge in [0.1, 0.15) is 5.82 Å². The van der Waals surface area contributed by atoms with Crippen molar-refractivity contribution in [2.75, 3.05) is 0 Å². The van der Waals surface area contributed by atoms with Crippen LogP contribution in [0.2, 0.25) is 0 Å². The minimum atomic E-state index is -0.0802. The van der Waals surface area contributed by atoms with Crippen molar-refractivity contribution in [1.82, 2.24) is 5.32 Å². The Labute approximate surface area is 110 Å². The Bertz CT molecular complexity index is 369. The van der Waals surface area contributed by atoms with Crippen LogP contribution in [0.3, 0.4) is 0 Å². The highest BCUT2D eigenvalue weighted by Crippen LogP contribution is 2.24. The van der Waals surface area contributed by atoms with Gasteiger partial charge in [0.25, 0.3) is 0 Å². The zero-order valence-corrected chi connectivity index (χ0v) is 11.5. The van der Waals surface area contributed by atoms with Gasteiger partial charge in [-0.05, 0) is 56.6 Å². The van der Waals surface area contributed by atoms with Gasteiger partial charge in [-0.3, -0.25) is 0 Å². The molecule has 1 nitrogen and oxygen atoms in total. The van der Waals surface area contributed by atoms with E-state index < -0.39 is 0 Å². The molecule has 2 rings (SSSR count). The molecule has 0 saturated heterocycles. The summed E-state index contributed by atoms with van der Waals surface area (Å²) in [5.41, 5.74) is 0.821. The lowest BCUT2D eigenvalue weighted by atomic mass is 9.87. The molecule has 0 heterocycles. The maximum absolute atomic E-state index is 13.6. The van der Waals surface area contributed by atoms with Crippen LogP contribution >= 0.6 is 0 Å². The van der Waals surface area contributed by atoms with Gasteiger partial charge in [-0.15, -0.1) is 0 Å². The van der Waals surface area contributed by atoms with Crippen molar-refractivity contribution >= 4 is 0 Å². The lowest BCUT2D eigenvalue weighted by Crippen LogP contribution is -2.40. The monoisotopic (exact) mass is 249 g/mol. The van der Waals surface area contributed by atoms with Gasteiger partial charge in [-0.1, -0.05) is 25.1 Å². The van der Waals surface area contributed by atoms with Crippen LogP contribution in [0.25, 0.3) is 0 Å². The smallest absolute Gasteiger partial charge is 0.126 e. The van der Waals surface area contributed by atoms with Crippen LogP contribution < -0.4 is 5.32 Å². The summed E-state index contributed by atoms with van der Waals surface area (Å²) in [6.45, 7) is 4.49. The van der Waals surface area contributed by atoms with E-state index in [0.29, 0.717) is 12.1 Å². The number of rotatable bonds is 4. The largest absolute Gasteiger partial charge is 0.311 e. The van der Waals surface area contributed by atoms with E-state index in [4.69, 9.17) is 0 Å². The second-order valence-corrected chi connectivity index (χ2v) is 5.82. The molecule has 1 saturated carbocycles. The van der Waals surface area contributed by atoms with Crippen molar-refractivity contribution in [3.63, 3.8) is 0 Å². The molecule has 0 aliphatic heterocycles. The second-order valence-electron chi connectivity index (χ2n) is 5.82. The van der Waals surface area contributed by atoms with Gasteiger partial charge < -0.3 is 5.32 Å². The van der Waals surface area contributed by atoms with E-state index in [-0.39, 0.29) is 5.82 Å². The maximum atomic E-state index is 13.6. The van der Waals surface area contributed by atoms with Crippen molar-refractivity contribution in [1.29, 1.82) is 0 Å². The summed E-state index contributed by atoms with van der Waals surface area (Å²) in [5, 5.41) is 3.65. The Balaban J connectivity index is 1.82. The van der Waals surface area contributed by atoms with Gasteiger partial charge in [0.15, 0.2) is 0 Å². The van der Waals surface area contributed by atoms with Crippen molar-refractivity contribution in [3.8, 4) is 0 Å². The molecule has 0 spiro atoms. The standard InChI is InChI=1S/C16H24FN/c1-12-7-9-15(10-8-12)18-13(2)11-14-5-3-4-6-16(14)17/h3-6,12-13,15,18H,7-11H2,1-2H3. The Morgan fingerprint density at radius 3 is 2.56 bits per heavy atom. The van der Waals surface area contributed by atoms with Crippen LogP contribution in [-0.2, 0) is 6.42 Å². The summed E-state index contributed by atoms with van der Waals surface area (Å²) in [5.74, 6) is 0.799. The van der Waals surface area contributed by atoms with Gasteiger partial charge >= 0.3 is 0 Å². The molecule has 1 fully saturated rings. The molecule has 0 radical (unpaired) electrons. The quantitative estimate of drug-likeness (QED) is 0.852. The average molecular weight is 249 g/mol. The third kappa shape index (κ3) is 3.81. The minimum Gasteiger partial charge on any atom is -0.311 e. The van der Waals surface area contributed by atoms with Gasteiger partial charge in [-0.25, -0.2) is 4.39 Å². The molecule has 1 aliphatic carbocycles. The van der Waals surface area contributed by atoms with Crippen LogP contribution in [0.1, 0.15) is 45.1 Å². The Morgan fingerprint density at radius 2 is 1.89 bits per heavy atom. The maximum Gasteiger partial charge on any atom is 0.126 e. The van der Waals surface area contributed by atoms with Gasteiger partial charge in [-0.2, -0.15) is 0 Å². The fourth-order valence-corrected chi connectivity index (χ4v) is 2.88. The molecule has 1 atom stereocenters. The highest BCUT2D eigenvalue weighted by Gasteiger charge is 2.19. The van der Waals surface area contributed by atoms with Gasteiger partial charge in [0.05, 0.1) is 0 Å². The summed E-state index contributed by atoms with van der Waals surface area (Å²) in [7, 11) is 0. The third-order valence-corrected chi connectivity index (χ3v) is 4.02. The SMILES string of the molecule is CC1CCC(NC(C)Cc2ccccc2F)CC1. The van der Waals surface area contributed by atoms with Crippen molar-refractivity contribution in [3.05, 3.63) is 35.6 Å². The predicted octanol–water partition coefficient (Wildman–Crippen LogP) is 3.93. The first-order valence-electron chi connectivity index (χ1n) is 7.14. The number of halogens is 1. The number of hydrogen-bond acceptors (Lipinski definition) is 1. The highest BCUT2D eigenvalue weighted by molar-refractivity contribution is 5.18. The summed E-state index contributed by atoms with van der Waals surface area (Å²) in [6.07, 6.45) is 5.96. The van der Waals surface area contributed by atoms with E-state index in [1.807, 2.05) is 12.1 Å². The summed E-state index contributed by atoms with van der Waals surface area (Å²) in [6, 6.07) is 8.07. The zero-order chi connectivity index (χ0) is 13.0. The Kier molecular flexibility index (Phi) is 4.76. The molecule has 1 aromatic rings. The number of benzene rings is 1. The second kappa shape index (κ2) is 6.33. The van der Waals surface area contributed by atoms with Crippen LogP contribution in [0.4, 0.5) is 4.39 Å². The molecular formula is C16H24FN. The molecular weight excluding hydrogens is 225 g/mol. The highest BCUT2D eigenvalue weighted by atomic mass is 19.1. The van der Waals surface area contributed by atoms with Crippen LogP contribution in [0.5, 0.6) is 0 Å². The first-order valence-corrected chi connectivity index (χ1v) is 7.14. The molecule has 0 amide bonds. The Morgan fingerprint density at radius 1 is 1.22 bits per heavy atom. The molecule has 100 valence electrons. The minimum absolute atomic E-state index is 0.0802. The average Bonchev–Trinajstić information content (AvgIpc) is 2.35. The molecule has 0 bridgehead atoms. The fraction of sp³-hybridized carbons (Fsp3) is 0.625. The van der Waals surface area contributed by atoms with E-state index in [1.54, 1.807) is 12.1 Å². The molecule has 1 N–H and O–H groups in total. The van der Waals surface area contributed by atoms with Gasteiger partial charge in [0, 0.05) is 12.1 Å². The predicted molar refractivity (Wildman–Crippen MR) is 74.1 cm³/mol. The molecule has 1 aromatic carbocycles. The summed E-state index contributed by atoms with van der Waals surface area (Å²) in [4.78, 5) is 0. The van der Waals surface area contributed by atoms with Crippen LogP contribution in [-0.4, -0.2) is 12.1 Å². The van der Waals surface area contributed by atoms with E-state index in [1.165, 1.54) is 25.7 Å². The number of nitrogens with one attached hydrogen (secondary N) is 1. The van der Waals surface area contributed by atoms with Crippen molar-refractivity contribution < 1.29 is 4.39 Å². The van der Waals surface area contributed by atoms with E-state index in [2.05, 4.69) is 19.2 Å². The normalized spacial score (nSPS) is 25.9. The molecule has 2 heteroatoms. The lowest BCUT2D eigenvalue weighted by molar-refractivity contribution is 0.289.